The molecular weight excluding hydrogens is 267 g/mol. The van der Waals surface area contributed by atoms with Gasteiger partial charge in [0.25, 0.3) is 0 Å². The lowest BCUT2D eigenvalue weighted by Crippen LogP contribution is -2.34. The molecule has 2 aliphatic rings. The highest BCUT2D eigenvalue weighted by Crippen LogP contribution is 2.45. The summed E-state index contributed by atoms with van der Waals surface area (Å²) in [6, 6.07) is 0. The molecule has 0 amide bonds. The minimum absolute atomic E-state index is 0.0774. The molecule has 1 aliphatic carbocycles. The van der Waals surface area contributed by atoms with Gasteiger partial charge in [-0.1, -0.05) is 26.2 Å². The molecule has 1 aliphatic heterocycles. The first-order chi connectivity index (χ1) is 8.67. The molecule has 0 bridgehead atoms. The Morgan fingerprint density at radius 2 is 1.78 bits per heavy atom. The molecule has 1 heterocycles. The maximum absolute atomic E-state index is 6.43. The highest BCUT2D eigenvalue weighted by atomic mass is 35.5. The summed E-state index contributed by atoms with van der Waals surface area (Å²) in [6.45, 7) is 2.19. The summed E-state index contributed by atoms with van der Waals surface area (Å²) in [5, 5.41) is 0. The zero-order valence-electron chi connectivity index (χ0n) is 11.5. The van der Waals surface area contributed by atoms with Gasteiger partial charge < -0.3 is 4.74 Å². The summed E-state index contributed by atoms with van der Waals surface area (Å²) in [4.78, 5) is 0. The van der Waals surface area contributed by atoms with Gasteiger partial charge in [0, 0.05) is 11.8 Å². The van der Waals surface area contributed by atoms with Crippen molar-refractivity contribution < 1.29 is 4.74 Å². The zero-order chi connectivity index (χ0) is 13.1. The predicted molar refractivity (Wildman–Crippen MR) is 78.7 cm³/mol. The molecule has 1 atom stereocenters. The van der Waals surface area contributed by atoms with E-state index < -0.39 is 0 Å². The van der Waals surface area contributed by atoms with E-state index in [-0.39, 0.29) is 11.0 Å². The van der Waals surface area contributed by atoms with E-state index in [9.17, 15) is 0 Å². The van der Waals surface area contributed by atoms with E-state index in [2.05, 4.69) is 6.92 Å². The van der Waals surface area contributed by atoms with Crippen LogP contribution in [0.5, 0.6) is 0 Å². The van der Waals surface area contributed by atoms with Gasteiger partial charge in [0.2, 0.25) is 0 Å². The molecule has 1 saturated carbocycles. The van der Waals surface area contributed by atoms with Crippen molar-refractivity contribution in [3.05, 3.63) is 0 Å². The lowest BCUT2D eigenvalue weighted by Gasteiger charge is -2.35. The molecule has 0 aromatic heterocycles. The summed E-state index contributed by atoms with van der Waals surface area (Å²) in [6.07, 6.45) is 11.5. The van der Waals surface area contributed by atoms with Crippen LogP contribution >= 0.6 is 23.2 Å². The Labute approximate surface area is 122 Å². The van der Waals surface area contributed by atoms with Crippen LogP contribution in [-0.2, 0) is 4.74 Å². The van der Waals surface area contributed by atoms with Gasteiger partial charge in [-0.15, -0.1) is 23.2 Å². The molecule has 2 fully saturated rings. The topological polar surface area (TPSA) is 9.23 Å². The van der Waals surface area contributed by atoms with Crippen molar-refractivity contribution >= 4 is 23.2 Å². The maximum atomic E-state index is 6.43. The number of rotatable bonds is 5. The average Bonchev–Trinajstić information content (AvgIpc) is 2.79. The lowest BCUT2D eigenvalue weighted by atomic mass is 9.81. The van der Waals surface area contributed by atoms with Crippen LogP contribution in [0.3, 0.4) is 0 Å². The molecule has 106 valence electrons. The van der Waals surface area contributed by atoms with Crippen molar-refractivity contribution in [1.82, 2.24) is 0 Å². The molecule has 1 unspecified atom stereocenters. The molecular formula is C15H26Cl2O. The highest BCUT2D eigenvalue weighted by Gasteiger charge is 2.43. The smallest absolute Gasteiger partial charge is 0.0687 e. The zero-order valence-corrected chi connectivity index (χ0v) is 13.0. The van der Waals surface area contributed by atoms with E-state index in [1.54, 1.807) is 0 Å². The second-order valence-electron chi connectivity index (χ2n) is 6.35. The third-order valence-electron chi connectivity index (χ3n) is 5.08. The Morgan fingerprint density at radius 1 is 1.11 bits per heavy atom. The van der Waals surface area contributed by atoms with Crippen LogP contribution in [-0.4, -0.2) is 23.5 Å². The van der Waals surface area contributed by atoms with Crippen molar-refractivity contribution in [3.8, 4) is 0 Å². The van der Waals surface area contributed by atoms with Crippen molar-refractivity contribution in [2.75, 3.05) is 11.8 Å². The van der Waals surface area contributed by atoms with E-state index in [1.165, 1.54) is 44.9 Å². The highest BCUT2D eigenvalue weighted by molar-refractivity contribution is 6.21. The number of alkyl halides is 2. The Kier molecular flexibility index (Phi) is 5.25. The fourth-order valence-corrected chi connectivity index (χ4v) is 4.45. The second kappa shape index (κ2) is 6.33. The standard InChI is InChI=1S/C15H26Cl2O/c1-2-14(11-16,12-17)10-13-6-9-15(18-13)7-4-3-5-8-15/h13H,2-12H2,1H3. The molecule has 3 heteroatoms. The van der Waals surface area contributed by atoms with Crippen LogP contribution in [0.1, 0.15) is 64.7 Å². The fraction of sp³-hybridized carbons (Fsp3) is 1.00. The molecule has 1 spiro atoms. The van der Waals surface area contributed by atoms with Gasteiger partial charge in [-0.05, 0) is 43.9 Å². The quantitative estimate of drug-likeness (QED) is 0.638. The van der Waals surface area contributed by atoms with Gasteiger partial charge in [0.05, 0.1) is 11.7 Å². The Balaban J connectivity index is 1.92. The number of hydrogen-bond donors (Lipinski definition) is 0. The summed E-state index contributed by atoms with van der Waals surface area (Å²) >= 11 is 12.3. The Morgan fingerprint density at radius 3 is 2.33 bits per heavy atom. The minimum atomic E-state index is 0.0774. The van der Waals surface area contributed by atoms with Crippen LogP contribution < -0.4 is 0 Å². The Hall–Kier alpha value is 0.540. The average molecular weight is 293 g/mol. The van der Waals surface area contributed by atoms with Crippen LogP contribution in [0.25, 0.3) is 0 Å². The van der Waals surface area contributed by atoms with E-state index in [1.807, 2.05) is 0 Å². The summed E-state index contributed by atoms with van der Waals surface area (Å²) < 4.78 is 6.43. The number of halogens is 2. The molecule has 0 aromatic rings. The Bertz CT molecular complexity index is 249. The van der Waals surface area contributed by atoms with Crippen LogP contribution in [0.15, 0.2) is 0 Å². The molecule has 1 nitrogen and oxygen atoms in total. The molecule has 0 aromatic carbocycles. The van der Waals surface area contributed by atoms with Gasteiger partial charge in [-0.2, -0.15) is 0 Å². The van der Waals surface area contributed by atoms with Crippen molar-refractivity contribution in [2.45, 2.75) is 76.4 Å². The van der Waals surface area contributed by atoms with Gasteiger partial charge in [0.15, 0.2) is 0 Å². The van der Waals surface area contributed by atoms with Crippen molar-refractivity contribution in [1.29, 1.82) is 0 Å². The van der Waals surface area contributed by atoms with Gasteiger partial charge in [0.1, 0.15) is 0 Å². The van der Waals surface area contributed by atoms with E-state index in [0.29, 0.717) is 17.9 Å². The molecule has 0 N–H and O–H groups in total. The normalized spacial score (nSPS) is 27.8. The first-order valence-electron chi connectivity index (χ1n) is 7.47. The first kappa shape index (κ1) is 14.9. The monoisotopic (exact) mass is 292 g/mol. The van der Waals surface area contributed by atoms with E-state index in [0.717, 1.165) is 12.8 Å². The fourth-order valence-electron chi connectivity index (χ4n) is 3.56. The first-order valence-corrected chi connectivity index (χ1v) is 8.54. The maximum Gasteiger partial charge on any atom is 0.0687 e. The molecule has 1 saturated heterocycles. The second-order valence-corrected chi connectivity index (χ2v) is 6.88. The van der Waals surface area contributed by atoms with Crippen molar-refractivity contribution in [3.63, 3.8) is 0 Å². The third-order valence-corrected chi connectivity index (χ3v) is 6.21. The van der Waals surface area contributed by atoms with E-state index in [4.69, 9.17) is 27.9 Å². The summed E-state index contributed by atoms with van der Waals surface area (Å²) in [5.74, 6) is 1.31. The SMILES string of the molecule is CCC(CCl)(CCl)CC1CCC2(CCCCC2)O1. The summed E-state index contributed by atoms with van der Waals surface area (Å²) in [5.41, 5.74) is 0.301. The largest absolute Gasteiger partial charge is 0.372 e. The number of ether oxygens (including phenoxy) is 1. The van der Waals surface area contributed by atoms with Gasteiger partial charge in [-0.3, -0.25) is 0 Å². The molecule has 18 heavy (non-hydrogen) atoms. The van der Waals surface area contributed by atoms with Crippen LogP contribution in [0.2, 0.25) is 0 Å². The number of hydrogen-bond acceptors (Lipinski definition) is 1. The predicted octanol–water partition coefficient (Wildman–Crippen LogP) is 5.13. The molecule has 2 rings (SSSR count). The lowest BCUT2D eigenvalue weighted by molar-refractivity contribution is -0.0744. The van der Waals surface area contributed by atoms with E-state index >= 15 is 0 Å². The molecule has 0 radical (unpaired) electrons. The third kappa shape index (κ3) is 3.16. The summed E-state index contributed by atoms with van der Waals surface area (Å²) in [7, 11) is 0. The minimum Gasteiger partial charge on any atom is -0.372 e. The van der Waals surface area contributed by atoms with Crippen LogP contribution in [0, 0.1) is 5.41 Å². The van der Waals surface area contributed by atoms with Crippen molar-refractivity contribution in [2.24, 2.45) is 5.41 Å². The van der Waals surface area contributed by atoms with Gasteiger partial charge in [-0.25, -0.2) is 0 Å². The van der Waals surface area contributed by atoms with Crippen LogP contribution in [0.4, 0.5) is 0 Å². The van der Waals surface area contributed by atoms with Gasteiger partial charge >= 0.3 is 0 Å².